The van der Waals surface area contributed by atoms with Crippen LogP contribution in [0.4, 0.5) is 0 Å². The van der Waals surface area contributed by atoms with Crippen LogP contribution in [0.5, 0.6) is 0 Å². The van der Waals surface area contributed by atoms with Gasteiger partial charge in [0, 0.05) is 24.8 Å². The fraction of sp³-hybridized carbons (Fsp3) is 0.636. The van der Waals surface area contributed by atoms with Crippen molar-refractivity contribution in [2.75, 3.05) is 19.8 Å². The highest BCUT2D eigenvalue weighted by atomic mass is 16.5. The first-order valence-electron chi connectivity index (χ1n) is 5.19. The van der Waals surface area contributed by atoms with Gasteiger partial charge in [0.15, 0.2) is 0 Å². The van der Waals surface area contributed by atoms with Crippen molar-refractivity contribution in [1.82, 2.24) is 5.32 Å². The largest absolute Gasteiger partial charge is 0.472 e. The van der Waals surface area contributed by atoms with E-state index < -0.39 is 0 Å². The molecule has 78 valence electrons. The van der Waals surface area contributed by atoms with Gasteiger partial charge in [-0.3, -0.25) is 0 Å². The minimum absolute atomic E-state index is 0.370. The van der Waals surface area contributed by atoms with Gasteiger partial charge in [-0.05, 0) is 25.3 Å². The van der Waals surface area contributed by atoms with Crippen molar-refractivity contribution in [3.63, 3.8) is 0 Å². The first kappa shape index (κ1) is 9.74. The van der Waals surface area contributed by atoms with E-state index in [4.69, 9.17) is 9.15 Å². The fourth-order valence-corrected chi connectivity index (χ4v) is 1.73. The molecule has 1 aliphatic heterocycles. The van der Waals surface area contributed by atoms with E-state index in [1.807, 2.05) is 6.07 Å². The van der Waals surface area contributed by atoms with Gasteiger partial charge in [-0.1, -0.05) is 0 Å². The van der Waals surface area contributed by atoms with Crippen LogP contribution in [-0.2, 0) is 4.74 Å². The second kappa shape index (κ2) is 4.62. The van der Waals surface area contributed by atoms with E-state index in [9.17, 15) is 0 Å². The number of hydrogen-bond donors (Lipinski definition) is 1. The van der Waals surface area contributed by atoms with Crippen LogP contribution in [0.25, 0.3) is 0 Å². The molecule has 1 saturated heterocycles. The summed E-state index contributed by atoms with van der Waals surface area (Å²) in [5.74, 6) is 0.685. The van der Waals surface area contributed by atoms with Crippen LogP contribution in [0.1, 0.15) is 24.9 Å². The minimum Gasteiger partial charge on any atom is -0.472 e. The SMILES string of the molecule is CC(NCC1CCOC1)c1ccoc1. The summed E-state index contributed by atoms with van der Waals surface area (Å²) in [7, 11) is 0. The van der Waals surface area contributed by atoms with Gasteiger partial charge in [0.2, 0.25) is 0 Å². The van der Waals surface area contributed by atoms with E-state index >= 15 is 0 Å². The molecular formula is C11H17NO2. The Morgan fingerprint density at radius 2 is 2.57 bits per heavy atom. The van der Waals surface area contributed by atoms with Crippen molar-refractivity contribution < 1.29 is 9.15 Å². The Labute approximate surface area is 84.4 Å². The summed E-state index contributed by atoms with van der Waals surface area (Å²) in [5, 5.41) is 3.49. The van der Waals surface area contributed by atoms with Crippen molar-refractivity contribution >= 4 is 0 Å². The van der Waals surface area contributed by atoms with Gasteiger partial charge in [-0.15, -0.1) is 0 Å². The van der Waals surface area contributed by atoms with E-state index in [0.717, 1.165) is 19.8 Å². The molecule has 3 heteroatoms. The van der Waals surface area contributed by atoms with Crippen molar-refractivity contribution in [3.05, 3.63) is 24.2 Å². The van der Waals surface area contributed by atoms with Crippen molar-refractivity contribution in [3.8, 4) is 0 Å². The molecule has 0 aliphatic carbocycles. The van der Waals surface area contributed by atoms with E-state index in [1.54, 1.807) is 12.5 Å². The maximum absolute atomic E-state index is 5.32. The lowest BCUT2D eigenvalue weighted by Gasteiger charge is -2.14. The number of hydrogen-bond acceptors (Lipinski definition) is 3. The predicted octanol–water partition coefficient (Wildman–Crippen LogP) is 1.97. The van der Waals surface area contributed by atoms with E-state index in [-0.39, 0.29) is 0 Å². The molecule has 0 saturated carbocycles. The van der Waals surface area contributed by atoms with Crippen LogP contribution < -0.4 is 5.32 Å². The summed E-state index contributed by atoms with van der Waals surface area (Å²) in [6, 6.07) is 2.37. The third-order valence-electron chi connectivity index (χ3n) is 2.78. The average Bonchev–Trinajstić information content (AvgIpc) is 2.87. The van der Waals surface area contributed by atoms with Crippen molar-refractivity contribution in [2.45, 2.75) is 19.4 Å². The summed E-state index contributed by atoms with van der Waals surface area (Å²) >= 11 is 0. The summed E-state index contributed by atoms with van der Waals surface area (Å²) < 4.78 is 10.4. The quantitative estimate of drug-likeness (QED) is 0.797. The molecule has 0 radical (unpaired) electrons. The molecule has 2 unspecified atom stereocenters. The third-order valence-corrected chi connectivity index (χ3v) is 2.78. The van der Waals surface area contributed by atoms with Gasteiger partial charge in [0.1, 0.15) is 0 Å². The lowest BCUT2D eigenvalue weighted by Crippen LogP contribution is -2.25. The summed E-state index contributed by atoms with van der Waals surface area (Å²) in [4.78, 5) is 0. The molecule has 1 aliphatic rings. The van der Waals surface area contributed by atoms with Gasteiger partial charge in [-0.2, -0.15) is 0 Å². The fourth-order valence-electron chi connectivity index (χ4n) is 1.73. The van der Waals surface area contributed by atoms with Crippen LogP contribution >= 0.6 is 0 Å². The first-order chi connectivity index (χ1) is 6.86. The summed E-state index contributed by atoms with van der Waals surface area (Å²) in [6.45, 7) is 5.02. The van der Waals surface area contributed by atoms with E-state index in [2.05, 4.69) is 12.2 Å². The molecule has 1 aromatic rings. The number of ether oxygens (including phenoxy) is 1. The second-order valence-electron chi connectivity index (χ2n) is 3.92. The lowest BCUT2D eigenvalue weighted by molar-refractivity contribution is 0.184. The molecule has 1 fully saturated rings. The Hall–Kier alpha value is -0.800. The van der Waals surface area contributed by atoms with E-state index in [1.165, 1.54) is 12.0 Å². The van der Waals surface area contributed by atoms with Crippen molar-refractivity contribution in [1.29, 1.82) is 0 Å². The van der Waals surface area contributed by atoms with Gasteiger partial charge in [0.25, 0.3) is 0 Å². The molecule has 2 rings (SSSR count). The Morgan fingerprint density at radius 1 is 1.64 bits per heavy atom. The molecule has 0 bridgehead atoms. The second-order valence-corrected chi connectivity index (χ2v) is 3.92. The first-order valence-corrected chi connectivity index (χ1v) is 5.19. The van der Waals surface area contributed by atoms with Gasteiger partial charge in [-0.25, -0.2) is 0 Å². The third kappa shape index (κ3) is 2.36. The Balaban J connectivity index is 1.74. The molecule has 1 N–H and O–H groups in total. The number of furan rings is 1. The summed E-state index contributed by atoms with van der Waals surface area (Å²) in [6.07, 6.45) is 4.69. The highest BCUT2D eigenvalue weighted by molar-refractivity contribution is 5.10. The molecule has 14 heavy (non-hydrogen) atoms. The molecule has 1 aromatic heterocycles. The van der Waals surface area contributed by atoms with Gasteiger partial charge >= 0.3 is 0 Å². The van der Waals surface area contributed by atoms with Crippen LogP contribution in [-0.4, -0.2) is 19.8 Å². The zero-order valence-electron chi connectivity index (χ0n) is 8.53. The Morgan fingerprint density at radius 3 is 3.21 bits per heavy atom. The molecule has 2 atom stereocenters. The van der Waals surface area contributed by atoms with Gasteiger partial charge < -0.3 is 14.5 Å². The zero-order chi connectivity index (χ0) is 9.80. The Kier molecular flexibility index (Phi) is 3.22. The molecular weight excluding hydrogens is 178 g/mol. The van der Waals surface area contributed by atoms with Crippen LogP contribution in [0.2, 0.25) is 0 Å². The molecule has 0 aromatic carbocycles. The molecule has 3 nitrogen and oxygen atoms in total. The maximum atomic E-state index is 5.32. The smallest absolute Gasteiger partial charge is 0.0950 e. The van der Waals surface area contributed by atoms with Crippen LogP contribution in [0.15, 0.2) is 23.0 Å². The zero-order valence-corrected chi connectivity index (χ0v) is 8.53. The number of nitrogens with one attached hydrogen (secondary N) is 1. The summed E-state index contributed by atoms with van der Waals surface area (Å²) in [5.41, 5.74) is 1.21. The number of rotatable bonds is 4. The minimum atomic E-state index is 0.370. The standard InChI is InChI=1S/C11H17NO2/c1-9(11-3-5-14-8-11)12-6-10-2-4-13-7-10/h3,5,8-10,12H,2,4,6-7H2,1H3. The topological polar surface area (TPSA) is 34.4 Å². The van der Waals surface area contributed by atoms with Crippen molar-refractivity contribution in [2.24, 2.45) is 5.92 Å². The van der Waals surface area contributed by atoms with Gasteiger partial charge in [0.05, 0.1) is 19.1 Å². The van der Waals surface area contributed by atoms with Crippen LogP contribution in [0.3, 0.4) is 0 Å². The maximum Gasteiger partial charge on any atom is 0.0950 e. The molecule has 0 amide bonds. The predicted molar refractivity (Wildman–Crippen MR) is 54.1 cm³/mol. The highest BCUT2D eigenvalue weighted by Crippen LogP contribution is 2.15. The average molecular weight is 195 g/mol. The Bertz CT molecular complexity index is 252. The van der Waals surface area contributed by atoms with E-state index in [0.29, 0.717) is 12.0 Å². The van der Waals surface area contributed by atoms with Crippen LogP contribution in [0, 0.1) is 5.92 Å². The molecule has 0 spiro atoms. The highest BCUT2D eigenvalue weighted by Gasteiger charge is 2.16. The normalized spacial score (nSPS) is 23.9. The molecule has 2 heterocycles. The monoisotopic (exact) mass is 195 g/mol. The lowest BCUT2D eigenvalue weighted by atomic mass is 10.1.